The molecule has 1 N–H and O–H groups in total. The number of nitrogens with one attached hydrogen (secondary N) is 1. The Morgan fingerprint density at radius 1 is 0.938 bits per heavy atom. The van der Waals surface area contributed by atoms with Crippen molar-refractivity contribution < 1.29 is 0 Å². The molecule has 0 bridgehead atoms. The van der Waals surface area contributed by atoms with E-state index >= 15 is 0 Å². The van der Waals surface area contributed by atoms with E-state index in [9.17, 15) is 0 Å². The molecule has 0 radical (unpaired) electrons. The summed E-state index contributed by atoms with van der Waals surface area (Å²) in [6, 6.07) is 0.640. The van der Waals surface area contributed by atoms with Gasteiger partial charge in [-0.3, -0.25) is 4.90 Å². The average molecular weight is 229 g/mol. The van der Waals surface area contributed by atoms with Crippen LogP contribution < -0.4 is 5.32 Å². The smallest absolute Gasteiger partial charge is 0.0112 e. The monoisotopic (exact) mass is 229 g/mol. The van der Waals surface area contributed by atoms with Gasteiger partial charge in [0.15, 0.2) is 0 Å². The second-order valence-corrected chi connectivity index (χ2v) is 5.53. The van der Waals surface area contributed by atoms with Gasteiger partial charge in [0, 0.05) is 32.2 Å². The van der Waals surface area contributed by atoms with E-state index in [2.05, 4.69) is 56.9 Å². The van der Waals surface area contributed by atoms with Gasteiger partial charge in [-0.1, -0.05) is 13.8 Å². The average Bonchev–Trinajstić information content (AvgIpc) is 2.15. The Kier molecular flexibility index (Phi) is 8.90. The largest absolute Gasteiger partial charge is 0.315 e. The highest BCUT2D eigenvalue weighted by molar-refractivity contribution is 4.66. The maximum absolute atomic E-state index is 3.50. The zero-order chi connectivity index (χ0) is 12.6. The predicted octanol–water partition coefficient (Wildman–Crippen LogP) is 1.50. The van der Waals surface area contributed by atoms with Gasteiger partial charge in [-0.2, -0.15) is 0 Å². The Morgan fingerprint density at radius 2 is 1.56 bits per heavy atom. The third-order valence-corrected chi connectivity index (χ3v) is 2.69. The maximum atomic E-state index is 3.50. The topological polar surface area (TPSA) is 18.5 Å². The fraction of sp³-hybridized carbons (Fsp3) is 1.00. The second kappa shape index (κ2) is 8.97. The third-order valence-electron chi connectivity index (χ3n) is 2.69. The van der Waals surface area contributed by atoms with Gasteiger partial charge in [-0.15, -0.1) is 0 Å². The second-order valence-electron chi connectivity index (χ2n) is 5.53. The summed E-state index contributed by atoms with van der Waals surface area (Å²) in [6.07, 6.45) is 0. The van der Waals surface area contributed by atoms with E-state index in [0.717, 1.165) is 38.6 Å². The minimum Gasteiger partial charge on any atom is -0.315 e. The summed E-state index contributed by atoms with van der Waals surface area (Å²) < 4.78 is 0. The summed E-state index contributed by atoms with van der Waals surface area (Å²) in [4.78, 5) is 4.78. The van der Waals surface area contributed by atoms with Crippen LogP contribution in [0.1, 0.15) is 27.7 Å². The lowest BCUT2D eigenvalue weighted by Gasteiger charge is -2.28. The molecule has 0 unspecified atom stereocenters. The summed E-state index contributed by atoms with van der Waals surface area (Å²) in [5, 5.41) is 3.50. The van der Waals surface area contributed by atoms with Gasteiger partial charge >= 0.3 is 0 Å². The van der Waals surface area contributed by atoms with E-state index in [4.69, 9.17) is 0 Å². The Bertz CT molecular complexity index is 155. The molecule has 0 aliphatic heterocycles. The number of rotatable bonds is 9. The zero-order valence-corrected chi connectivity index (χ0v) is 12.1. The summed E-state index contributed by atoms with van der Waals surface area (Å²) >= 11 is 0. The summed E-state index contributed by atoms with van der Waals surface area (Å²) in [7, 11) is 4.27. The van der Waals surface area contributed by atoms with Crippen molar-refractivity contribution in [3.05, 3.63) is 0 Å². The molecule has 0 aromatic carbocycles. The van der Waals surface area contributed by atoms with E-state index in [1.165, 1.54) is 0 Å². The third kappa shape index (κ3) is 9.13. The summed E-state index contributed by atoms with van der Waals surface area (Å²) in [6.45, 7) is 14.7. The Balaban J connectivity index is 3.68. The highest BCUT2D eigenvalue weighted by Crippen LogP contribution is 1.97. The van der Waals surface area contributed by atoms with Crippen molar-refractivity contribution in [2.24, 2.45) is 5.92 Å². The van der Waals surface area contributed by atoms with Crippen LogP contribution in [0.4, 0.5) is 0 Å². The van der Waals surface area contributed by atoms with Crippen LogP contribution in [-0.4, -0.2) is 62.7 Å². The number of hydrogen-bond acceptors (Lipinski definition) is 3. The summed E-state index contributed by atoms with van der Waals surface area (Å²) in [5.41, 5.74) is 0. The molecule has 0 amide bonds. The van der Waals surface area contributed by atoms with Crippen molar-refractivity contribution in [1.29, 1.82) is 0 Å². The van der Waals surface area contributed by atoms with Crippen LogP contribution in [0, 0.1) is 5.92 Å². The van der Waals surface area contributed by atoms with Crippen LogP contribution in [0.5, 0.6) is 0 Å². The number of nitrogens with zero attached hydrogens (tertiary/aromatic N) is 2. The van der Waals surface area contributed by atoms with Crippen molar-refractivity contribution in [2.75, 3.05) is 46.8 Å². The molecule has 0 saturated heterocycles. The first-order valence-electron chi connectivity index (χ1n) is 6.53. The van der Waals surface area contributed by atoms with E-state index in [1.807, 2.05) is 0 Å². The fourth-order valence-electron chi connectivity index (χ4n) is 1.57. The van der Waals surface area contributed by atoms with Gasteiger partial charge < -0.3 is 10.2 Å². The first-order chi connectivity index (χ1) is 7.43. The van der Waals surface area contributed by atoms with Crippen LogP contribution >= 0.6 is 0 Å². The number of hydrogen-bond donors (Lipinski definition) is 1. The molecule has 3 nitrogen and oxygen atoms in total. The lowest BCUT2D eigenvalue weighted by Crippen LogP contribution is -2.41. The lowest BCUT2D eigenvalue weighted by molar-refractivity contribution is 0.199. The SMILES string of the molecule is CC(C)CNCCN(CCN(C)C)C(C)C. The maximum Gasteiger partial charge on any atom is 0.0112 e. The molecule has 0 aromatic rings. The normalized spacial score (nSPS) is 12.4. The quantitative estimate of drug-likeness (QED) is 0.605. The Hall–Kier alpha value is -0.120. The van der Waals surface area contributed by atoms with Gasteiger partial charge in [-0.05, 0) is 40.4 Å². The van der Waals surface area contributed by atoms with Crippen LogP contribution in [0.15, 0.2) is 0 Å². The highest BCUT2D eigenvalue weighted by Gasteiger charge is 2.08. The highest BCUT2D eigenvalue weighted by atomic mass is 15.2. The van der Waals surface area contributed by atoms with Crippen LogP contribution in [0.2, 0.25) is 0 Å². The first-order valence-corrected chi connectivity index (χ1v) is 6.53. The molecule has 0 fully saturated rings. The molecule has 98 valence electrons. The first kappa shape index (κ1) is 15.9. The predicted molar refractivity (Wildman–Crippen MR) is 73.0 cm³/mol. The van der Waals surface area contributed by atoms with Gasteiger partial charge in [-0.25, -0.2) is 0 Å². The van der Waals surface area contributed by atoms with Crippen LogP contribution in [0.3, 0.4) is 0 Å². The molecular formula is C13H31N3. The van der Waals surface area contributed by atoms with E-state index in [1.54, 1.807) is 0 Å². The molecule has 3 heteroatoms. The molecule has 16 heavy (non-hydrogen) atoms. The molecule has 0 spiro atoms. The standard InChI is InChI=1S/C13H31N3/c1-12(2)11-14-7-8-16(13(3)4)10-9-15(5)6/h12-14H,7-11H2,1-6H3. The zero-order valence-electron chi connectivity index (χ0n) is 12.1. The molecular weight excluding hydrogens is 198 g/mol. The molecule has 0 aliphatic carbocycles. The molecule has 0 atom stereocenters. The van der Waals surface area contributed by atoms with Gasteiger partial charge in [0.2, 0.25) is 0 Å². The summed E-state index contributed by atoms with van der Waals surface area (Å²) in [5.74, 6) is 0.745. The van der Waals surface area contributed by atoms with Crippen LogP contribution in [0.25, 0.3) is 0 Å². The van der Waals surface area contributed by atoms with Gasteiger partial charge in [0.1, 0.15) is 0 Å². The van der Waals surface area contributed by atoms with E-state index in [-0.39, 0.29) is 0 Å². The fourth-order valence-corrected chi connectivity index (χ4v) is 1.57. The van der Waals surface area contributed by atoms with Crippen molar-refractivity contribution in [3.8, 4) is 0 Å². The molecule has 0 saturated carbocycles. The van der Waals surface area contributed by atoms with Crippen molar-refractivity contribution >= 4 is 0 Å². The Morgan fingerprint density at radius 3 is 2.00 bits per heavy atom. The van der Waals surface area contributed by atoms with Crippen LogP contribution in [-0.2, 0) is 0 Å². The van der Waals surface area contributed by atoms with E-state index in [0.29, 0.717) is 6.04 Å². The van der Waals surface area contributed by atoms with Gasteiger partial charge in [0.05, 0.1) is 0 Å². The molecule has 0 heterocycles. The Labute approximate surface area is 102 Å². The minimum absolute atomic E-state index is 0.640. The lowest BCUT2D eigenvalue weighted by atomic mass is 10.2. The van der Waals surface area contributed by atoms with E-state index < -0.39 is 0 Å². The minimum atomic E-state index is 0.640. The number of likely N-dealkylation sites (N-methyl/N-ethyl adjacent to an activating group) is 1. The molecule has 0 aromatic heterocycles. The van der Waals surface area contributed by atoms with Crippen molar-refractivity contribution in [3.63, 3.8) is 0 Å². The molecule has 0 aliphatic rings. The van der Waals surface area contributed by atoms with Crippen molar-refractivity contribution in [2.45, 2.75) is 33.7 Å². The molecule has 0 rings (SSSR count). The van der Waals surface area contributed by atoms with Crippen molar-refractivity contribution in [1.82, 2.24) is 15.1 Å². The van der Waals surface area contributed by atoms with Gasteiger partial charge in [0.25, 0.3) is 0 Å².